The fourth-order valence-corrected chi connectivity index (χ4v) is 5.56. The number of carbonyl (C=O) groups excluding carboxylic acids is 1. The van der Waals surface area contributed by atoms with Gasteiger partial charge in [-0.05, 0) is 66.6 Å². The second-order valence-corrected chi connectivity index (χ2v) is 11.4. The predicted octanol–water partition coefficient (Wildman–Crippen LogP) is 6.64. The normalized spacial score (nSPS) is 17.0. The standard InChI is InChI=1S/C30H36N2O2.C2HF3O2/c1-23(2)21-34-28-13-6-4-9-25(28)20-31-17-14-30(15-18-31)16-19-32(22-30)29(33)27-12-7-10-24-8-3-5-11-26(24)27;3-2(4,5)1(6)7/h3-13,23H,14-22H2,1-2H3;(H,6,7). The Labute approximate surface area is 238 Å². The van der Waals surface area contributed by atoms with Gasteiger partial charge in [-0.1, -0.05) is 68.4 Å². The lowest BCUT2D eigenvalue weighted by Crippen LogP contribution is -2.42. The summed E-state index contributed by atoms with van der Waals surface area (Å²) in [6.45, 7) is 9.96. The molecule has 0 atom stereocenters. The van der Waals surface area contributed by atoms with Gasteiger partial charge in [-0.25, -0.2) is 4.79 Å². The highest BCUT2D eigenvalue weighted by atomic mass is 19.4. The van der Waals surface area contributed by atoms with Crippen LogP contribution in [0.5, 0.6) is 5.75 Å². The summed E-state index contributed by atoms with van der Waals surface area (Å²) in [4.78, 5) is 27.0. The first kappa shape index (κ1) is 30.4. The zero-order valence-corrected chi connectivity index (χ0v) is 23.5. The molecular formula is C32H37F3N2O4. The van der Waals surface area contributed by atoms with Crippen LogP contribution in [-0.2, 0) is 11.3 Å². The topological polar surface area (TPSA) is 70.1 Å². The molecule has 2 fully saturated rings. The van der Waals surface area contributed by atoms with Gasteiger partial charge < -0.3 is 14.7 Å². The zero-order valence-electron chi connectivity index (χ0n) is 23.5. The number of fused-ring (bicyclic) bond motifs is 1. The van der Waals surface area contributed by atoms with Crippen molar-refractivity contribution in [1.29, 1.82) is 0 Å². The van der Waals surface area contributed by atoms with Gasteiger partial charge in [-0.3, -0.25) is 9.69 Å². The number of halogens is 3. The Kier molecular flexibility index (Phi) is 9.58. The summed E-state index contributed by atoms with van der Waals surface area (Å²) in [6.07, 6.45) is -1.66. The number of ether oxygens (including phenoxy) is 1. The van der Waals surface area contributed by atoms with E-state index in [0.717, 1.165) is 80.7 Å². The van der Waals surface area contributed by atoms with E-state index < -0.39 is 12.1 Å². The Morgan fingerprint density at radius 2 is 1.54 bits per heavy atom. The molecule has 2 aliphatic rings. The van der Waals surface area contributed by atoms with E-state index in [1.54, 1.807) is 0 Å². The van der Waals surface area contributed by atoms with Crippen LogP contribution in [0.25, 0.3) is 10.8 Å². The number of likely N-dealkylation sites (tertiary alicyclic amines) is 2. The van der Waals surface area contributed by atoms with Crippen LogP contribution in [0, 0.1) is 11.3 Å². The van der Waals surface area contributed by atoms with Crippen molar-refractivity contribution >= 4 is 22.6 Å². The third-order valence-corrected chi connectivity index (χ3v) is 7.84. The largest absolute Gasteiger partial charge is 0.493 e. The summed E-state index contributed by atoms with van der Waals surface area (Å²) in [7, 11) is 0. The van der Waals surface area contributed by atoms with Crippen molar-refractivity contribution in [2.24, 2.45) is 11.3 Å². The van der Waals surface area contributed by atoms with Crippen LogP contribution in [0.4, 0.5) is 13.2 Å². The van der Waals surface area contributed by atoms with Crippen LogP contribution >= 0.6 is 0 Å². The fourth-order valence-electron chi connectivity index (χ4n) is 5.56. The number of carboxylic acids is 1. The third-order valence-electron chi connectivity index (χ3n) is 7.84. The SMILES string of the molecule is CC(C)COc1ccccc1CN1CCC2(CC1)CCN(C(=O)c1cccc3ccccc13)C2.O=C(O)C(F)(F)F. The zero-order chi connectivity index (χ0) is 29.6. The van der Waals surface area contributed by atoms with Gasteiger partial charge in [0, 0.05) is 30.8 Å². The first-order chi connectivity index (χ1) is 19.5. The summed E-state index contributed by atoms with van der Waals surface area (Å²) in [5.74, 6) is -1.03. The lowest BCUT2D eigenvalue weighted by Gasteiger charge is -2.39. The van der Waals surface area contributed by atoms with E-state index in [-0.39, 0.29) is 11.3 Å². The number of amides is 1. The Bertz CT molecular complexity index is 1340. The van der Waals surface area contributed by atoms with Crippen molar-refractivity contribution in [3.05, 3.63) is 77.9 Å². The molecule has 9 heteroatoms. The molecule has 2 saturated heterocycles. The van der Waals surface area contributed by atoms with Crippen molar-refractivity contribution in [3.8, 4) is 5.75 Å². The lowest BCUT2D eigenvalue weighted by atomic mass is 9.77. The van der Waals surface area contributed by atoms with Gasteiger partial charge in [0.15, 0.2) is 0 Å². The highest BCUT2D eigenvalue weighted by molar-refractivity contribution is 6.07. The highest BCUT2D eigenvalue weighted by Crippen LogP contribution is 2.41. The molecule has 220 valence electrons. The van der Waals surface area contributed by atoms with E-state index in [0.29, 0.717) is 5.92 Å². The Morgan fingerprint density at radius 3 is 2.22 bits per heavy atom. The second-order valence-electron chi connectivity index (χ2n) is 11.4. The van der Waals surface area contributed by atoms with Crippen molar-refractivity contribution < 1.29 is 32.6 Å². The molecule has 0 saturated carbocycles. The van der Waals surface area contributed by atoms with Crippen LogP contribution in [0.15, 0.2) is 66.7 Å². The van der Waals surface area contributed by atoms with Crippen molar-refractivity contribution in [2.45, 2.75) is 45.8 Å². The number of benzene rings is 3. The number of carboxylic acid groups (broad SMARTS) is 1. The van der Waals surface area contributed by atoms with Crippen LogP contribution in [0.1, 0.15) is 49.0 Å². The molecule has 1 amide bonds. The van der Waals surface area contributed by atoms with Gasteiger partial charge in [0.2, 0.25) is 0 Å². The van der Waals surface area contributed by atoms with Crippen LogP contribution in [-0.4, -0.2) is 65.7 Å². The van der Waals surface area contributed by atoms with Gasteiger partial charge in [0.05, 0.1) is 6.61 Å². The molecule has 0 bridgehead atoms. The summed E-state index contributed by atoms with van der Waals surface area (Å²) in [5, 5.41) is 9.32. The first-order valence-electron chi connectivity index (χ1n) is 14.0. The number of nitrogens with zero attached hydrogens (tertiary/aromatic N) is 2. The highest BCUT2D eigenvalue weighted by Gasteiger charge is 2.42. The number of rotatable bonds is 6. The molecule has 1 spiro atoms. The molecule has 0 radical (unpaired) electrons. The number of alkyl halides is 3. The van der Waals surface area contributed by atoms with Gasteiger partial charge >= 0.3 is 12.1 Å². The summed E-state index contributed by atoms with van der Waals surface area (Å²) in [5.41, 5.74) is 2.38. The molecule has 0 aliphatic carbocycles. The van der Waals surface area contributed by atoms with Crippen LogP contribution < -0.4 is 4.74 Å². The molecule has 2 heterocycles. The minimum absolute atomic E-state index is 0.187. The van der Waals surface area contributed by atoms with Crippen molar-refractivity contribution in [1.82, 2.24) is 9.80 Å². The third kappa shape index (κ3) is 7.79. The number of aliphatic carboxylic acids is 1. The van der Waals surface area contributed by atoms with Gasteiger partial charge in [0.25, 0.3) is 5.91 Å². The number of carbonyl (C=O) groups is 2. The quantitative estimate of drug-likeness (QED) is 0.360. The number of hydrogen-bond acceptors (Lipinski definition) is 4. The van der Waals surface area contributed by atoms with E-state index in [2.05, 4.69) is 66.1 Å². The maximum Gasteiger partial charge on any atom is 0.490 e. The van der Waals surface area contributed by atoms with E-state index >= 15 is 0 Å². The van der Waals surface area contributed by atoms with Crippen molar-refractivity contribution in [2.75, 3.05) is 32.8 Å². The first-order valence-corrected chi connectivity index (χ1v) is 14.0. The molecular weight excluding hydrogens is 533 g/mol. The molecule has 3 aromatic carbocycles. The van der Waals surface area contributed by atoms with Crippen LogP contribution in [0.3, 0.4) is 0 Å². The van der Waals surface area contributed by atoms with Gasteiger partial charge in [-0.2, -0.15) is 13.2 Å². The molecule has 3 aromatic rings. The Hall–Kier alpha value is -3.59. The monoisotopic (exact) mass is 570 g/mol. The van der Waals surface area contributed by atoms with Gasteiger partial charge in [0.1, 0.15) is 5.75 Å². The molecule has 5 rings (SSSR count). The molecule has 6 nitrogen and oxygen atoms in total. The van der Waals surface area contributed by atoms with E-state index in [1.165, 1.54) is 5.56 Å². The smallest absolute Gasteiger partial charge is 0.490 e. The Morgan fingerprint density at radius 1 is 0.927 bits per heavy atom. The number of hydrogen-bond donors (Lipinski definition) is 1. The average molecular weight is 571 g/mol. The summed E-state index contributed by atoms with van der Waals surface area (Å²) >= 11 is 0. The lowest BCUT2D eigenvalue weighted by molar-refractivity contribution is -0.192. The van der Waals surface area contributed by atoms with Crippen LogP contribution in [0.2, 0.25) is 0 Å². The molecule has 0 aromatic heterocycles. The minimum atomic E-state index is -5.08. The fraction of sp³-hybridized carbons (Fsp3) is 0.438. The molecule has 41 heavy (non-hydrogen) atoms. The maximum absolute atomic E-state index is 13.4. The average Bonchev–Trinajstić information content (AvgIpc) is 3.36. The van der Waals surface area contributed by atoms with E-state index in [1.807, 2.05) is 24.3 Å². The van der Waals surface area contributed by atoms with E-state index in [4.69, 9.17) is 14.6 Å². The predicted molar refractivity (Wildman–Crippen MR) is 152 cm³/mol. The summed E-state index contributed by atoms with van der Waals surface area (Å²) in [6, 6.07) is 22.7. The second kappa shape index (κ2) is 12.9. The molecule has 2 aliphatic heterocycles. The number of para-hydroxylation sites is 1. The maximum atomic E-state index is 13.4. The summed E-state index contributed by atoms with van der Waals surface area (Å²) < 4.78 is 37.8. The molecule has 0 unspecified atom stereocenters. The van der Waals surface area contributed by atoms with Gasteiger partial charge in [-0.15, -0.1) is 0 Å². The minimum Gasteiger partial charge on any atom is -0.493 e. The number of piperidine rings is 1. The Balaban J connectivity index is 0.000000493. The molecule has 1 N–H and O–H groups in total. The van der Waals surface area contributed by atoms with Crippen molar-refractivity contribution in [3.63, 3.8) is 0 Å². The van der Waals surface area contributed by atoms with E-state index in [9.17, 15) is 18.0 Å².